The van der Waals surface area contributed by atoms with Crippen molar-refractivity contribution in [2.45, 2.75) is 19.5 Å². The molecule has 0 fully saturated rings. The Kier molecular flexibility index (Phi) is 5.87. The van der Waals surface area contributed by atoms with Gasteiger partial charge in [-0.2, -0.15) is 0 Å². The molecule has 1 aliphatic heterocycles. The molecule has 0 bridgehead atoms. The van der Waals surface area contributed by atoms with Crippen molar-refractivity contribution < 1.29 is 14.3 Å². The van der Waals surface area contributed by atoms with E-state index in [4.69, 9.17) is 4.74 Å². The molecule has 2 heterocycles. The van der Waals surface area contributed by atoms with Crippen LogP contribution in [0.5, 0.6) is 5.75 Å². The molecule has 4 aromatic rings. The van der Waals surface area contributed by atoms with E-state index in [2.05, 4.69) is 21.3 Å². The molecule has 34 heavy (non-hydrogen) atoms. The lowest BCUT2D eigenvalue weighted by molar-refractivity contribution is 0.0966. The molecular weight excluding hydrogens is 426 g/mol. The van der Waals surface area contributed by atoms with Crippen LogP contribution in [-0.4, -0.2) is 22.9 Å². The van der Waals surface area contributed by atoms with Crippen LogP contribution in [0.2, 0.25) is 0 Å². The average molecular weight is 452 g/mol. The molecule has 6 nitrogen and oxygen atoms in total. The molecule has 2 N–H and O–H groups in total. The number of nitrogens with zero attached hydrogens (tertiary/aromatic N) is 1. The first-order valence-electron chi connectivity index (χ1n) is 11.3. The van der Waals surface area contributed by atoms with Gasteiger partial charge in [0.15, 0.2) is 5.78 Å². The molecule has 0 aliphatic carbocycles. The van der Waals surface area contributed by atoms with Gasteiger partial charge in [-0.25, -0.2) is 0 Å². The van der Waals surface area contributed by atoms with E-state index in [0.29, 0.717) is 35.7 Å². The lowest BCUT2D eigenvalue weighted by Gasteiger charge is -2.18. The van der Waals surface area contributed by atoms with Crippen LogP contribution in [0.4, 0.5) is 11.4 Å². The third-order valence-corrected chi connectivity index (χ3v) is 5.94. The lowest BCUT2D eigenvalue weighted by Crippen LogP contribution is -2.22. The second-order valence-corrected chi connectivity index (χ2v) is 8.12. The maximum absolute atomic E-state index is 13.5. The largest absolute Gasteiger partial charge is 0.493 e. The molecule has 1 unspecified atom stereocenters. The summed E-state index contributed by atoms with van der Waals surface area (Å²) in [5.41, 5.74) is 4.66. The van der Waals surface area contributed by atoms with E-state index in [1.165, 1.54) is 0 Å². The predicted octanol–water partition coefficient (Wildman–Crippen LogP) is 5.54. The van der Waals surface area contributed by atoms with E-state index < -0.39 is 6.04 Å². The molecule has 3 aromatic carbocycles. The van der Waals surface area contributed by atoms with Gasteiger partial charge in [-0.05, 0) is 67.1 Å². The van der Waals surface area contributed by atoms with Crippen LogP contribution in [0, 0.1) is 0 Å². The van der Waals surface area contributed by atoms with Crippen molar-refractivity contribution in [3.05, 3.63) is 114 Å². The molecule has 1 aliphatic rings. The number of aromatic nitrogens is 1. The number of fused-ring (bicyclic) bond motifs is 2. The third-order valence-electron chi connectivity index (χ3n) is 5.94. The molecule has 1 amide bonds. The van der Waals surface area contributed by atoms with Gasteiger partial charge in [0.25, 0.3) is 5.91 Å². The second kappa shape index (κ2) is 9.27. The van der Waals surface area contributed by atoms with Gasteiger partial charge < -0.3 is 19.9 Å². The number of ketones is 1. The first-order valence-corrected chi connectivity index (χ1v) is 11.3. The fourth-order valence-corrected chi connectivity index (χ4v) is 4.26. The van der Waals surface area contributed by atoms with Gasteiger partial charge in [0, 0.05) is 35.4 Å². The van der Waals surface area contributed by atoms with E-state index in [0.717, 1.165) is 16.9 Å². The van der Waals surface area contributed by atoms with Gasteiger partial charge in [-0.3, -0.25) is 9.59 Å². The minimum atomic E-state index is -0.503. The molecule has 0 spiro atoms. The number of Topliss-reactive ketones (excluding diaryl/α,β-unsaturated/α-hetero) is 1. The smallest absolute Gasteiger partial charge is 0.259 e. The van der Waals surface area contributed by atoms with Crippen molar-refractivity contribution in [1.29, 1.82) is 0 Å². The van der Waals surface area contributed by atoms with E-state index in [1.807, 2.05) is 49.5 Å². The Bertz CT molecular complexity index is 1340. The van der Waals surface area contributed by atoms with Crippen molar-refractivity contribution in [2.75, 3.05) is 17.2 Å². The van der Waals surface area contributed by atoms with E-state index in [-0.39, 0.29) is 11.7 Å². The number of ether oxygens (including phenoxy) is 1. The zero-order valence-electron chi connectivity index (χ0n) is 18.8. The van der Waals surface area contributed by atoms with Gasteiger partial charge in [-0.15, -0.1) is 0 Å². The number of carbonyl (C=O) groups excluding carboxylic acids is 2. The Morgan fingerprint density at radius 1 is 0.971 bits per heavy atom. The molecule has 0 saturated heterocycles. The molecule has 0 saturated carbocycles. The minimum Gasteiger partial charge on any atom is -0.493 e. The second-order valence-electron chi connectivity index (χ2n) is 8.12. The van der Waals surface area contributed by atoms with Gasteiger partial charge in [0.05, 0.1) is 12.2 Å². The maximum Gasteiger partial charge on any atom is 0.259 e. The summed E-state index contributed by atoms with van der Waals surface area (Å²) in [5.74, 6) is 0.247. The van der Waals surface area contributed by atoms with Gasteiger partial charge in [0.1, 0.15) is 11.8 Å². The quantitative estimate of drug-likeness (QED) is 0.378. The zero-order valence-corrected chi connectivity index (χ0v) is 18.8. The number of nitrogens with one attached hydrogen (secondary N) is 2. The molecule has 0 radical (unpaired) electrons. The van der Waals surface area contributed by atoms with Crippen molar-refractivity contribution >= 4 is 23.1 Å². The average Bonchev–Trinajstić information content (AvgIpc) is 3.25. The summed E-state index contributed by atoms with van der Waals surface area (Å²) < 4.78 is 7.66. The molecule has 1 aromatic heterocycles. The van der Waals surface area contributed by atoms with Gasteiger partial charge >= 0.3 is 0 Å². The maximum atomic E-state index is 13.5. The number of amides is 1. The highest BCUT2D eigenvalue weighted by molar-refractivity contribution is 6.07. The number of benzene rings is 3. The zero-order chi connectivity index (χ0) is 23.5. The van der Waals surface area contributed by atoms with E-state index in [1.54, 1.807) is 42.5 Å². The van der Waals surface area contributed by atoms with Crippen molar-refractivity contribution in [3.8, 4) is 5.75 Å². The normalized spacial score (nSPS) is 14.2. The summed E-state index contributed by atoms with van der Waals surface area (Å²) in [6.45, 7) is 3.07. The monoisotopic (exact) mass is 451 g/mol. The number of rotatable bonds is 6. The molecule has 5 rings (SSSR count). The van der Waals surface area contributed by atoms with Crippen molar-refractivity contribution in [3.63, 3.8) is 0 Å². The van der Waals surface area contributed by atoms with E-state index in [9.17, 15) is 9.59 Å². The summed E-state index contributed by atoms with van der Waals surface area (Å²) in [6, 6.07) is 25.6. The summed E-state index contributed by atoms with van der Waals surface area (Å²) >= 11 is 0. The number of hydrogen-bond acceptors (Lipinski definition) is 4. The van der Waals surface area contributed by atoms with Gasteiger partial charge in [-0.1, -0.05) is 30.3 Å². The third kappa shape index (κ3) is 4.18. The fraction of sp³-hybridized carbons (Fsp3) is 0.143. The van der Waals surface area contributed by atoms with Crippen molar-refractivity contribution in [2.24, 2.45) is 0 Å². The Morgan fingerprint density at radius 3 is 2.56 bits per heavy atom. The van der Waals surface area contributed by atoms with Crippen LogP contribution < -0.4 is 15.4 Å². The summed E-state index contributed by atoms with van der Waals surface area (Å²) in [6.07, 6.45) is 2.00. The molecule has 6 heteroatoms. The van der Waals surface area contributed by atoms with E-state index >= 15 is 0 Å². The SMILES string of the molecule is CCOc1ccccc1C(=O)Nc1ccc(C(=O)C2Nc3ccccc3Cn3cccc32)cc1. The highest BCUT2D eigenvalue weighted by atomic mass is 16.5. The molecule has 170 valence electrons. The Labute approximate surface area is 198 Å². The van der Waals surface area contributed by atoms with Crippen LogP contribution >= 0.6 is 0 Å². The Morgan fingerprint density at radius 2 is 1.74 bits per heavy atom. The van der Waals surface area contributed by atoms with Crippen LogP contribution in [-0.2, 0) is 6.54 Å². The van der Waals surface area contributed by atoms with Gasteiger partial charge in [0.2, 0.25) is 0 Å². The highest BCUT2D eigenvalue weighted by Crippen LogP contribution is 2.31. The number of hydrogen-bond donors (Lipinski definition) is 2. The molecular formula is C28H25N3O3. The number of para-hydroxylation sites is 2. The standard InChI is InChI=1S/C28H25N3O3/c1-2-34-25-12-6-4-9-22(25)28(33)29-21-15-13-19(14-16-21)27(32)26-24-11-7-17-31(24)18-20-8-3-5-10-23(20)30-26/h3-17,26,30H,2,18H2,1H3,(H,29,33). The number of carbonyl (C=O) groups is 2. The predicted molar refractivity (Wildman–Crippen MR) is 133 cm³/mol. The fourth-order valence-electron chi connectivity index (χ4n) is 4.26. The highest BCUT2D eigenvalue weighted by Gasteiger charge is 2.28. The topological polar surface area (TPSA) is 72.4 Å². The van der Waals surface area contributed by atoms with Crippen LogP contribution in [0.15, 0.2) is 91.1 Å². The summed E-state index contributed by atoms with van der Waals surface area (Å²) in [5, 5.41) is 6.32. The Hall–Kier alpha value is -4.32. The van der Waals surface area contributed by atoms with Crippen LogP contribution in [0.3, 0.4) is 0 Å². The summed E-state index contributed by atoms with van der Waals surface area (Å²) in [4.78, 5) is 26.3. The van der Waals surface area contributed by atoms with Crippen LogP contribution in [0.1, 0.15) is 44.9 Å². The lowest BCUT2D eigenvalue weighted by atomic mass is 10.0. The van der Waals surface area contributed by atoms with Crippen LogP contribution in [0.25, 0.3) is 0 Å². The number of anilines is 2. The van der Waals surface area contributed by atoms with Crippen molar-refractivity contribution in [1.82, 2.24) is 4.57 Å². The first kappa shape index (κ1) is 21.5. The molecule has 1 atom stereocenters. The first-order chi connectivity index (χ1) is 16.6. The minimum absolute atomic E-state index is 0.0313. The Balaban J connectivity index is 1.36. The summed E-state index contributed by atoms with van der Waals surface area (Å²) in [7, 11) is 0.